The highest BCUT2D eigenvalue weighted by Gasteiger charge is 2.44. The van der Waals surface area contributed by atoms with Gasteiger partial charge in [0, 0.05) is 59.9 Å². The first-order chi connectivity index (χ1) is 19.8. The minimum atomic E-state index is -0.861. The van der Waals surface area contributed by atoms with Gasteiger partial charge in [-0.05, 0) is 86.4 Å². The highest BCUT2D eigenvalue weighted by molar-refractivity contribution is 6.30. The molecular formula is C32H35ClN6O2. The van der Waals surface area contributed by atoms with Gasteiger partial charge in [0.2, 0.25) is 5.91 Å². The number of hydrogen-bond donors (Lipinski definition) is 3. The molecule has 212 valence electrons. The molecule has 4 heterocycles. The van der Waals surface area contributed by atoms with Gasteiger partial charge in [0.25, 0.3) is 0 Å². The first-order valence-corrected chi connectivity index (χ1v) is 14.9. The number of anilines is 2. The van der Waals surface area contributed by atoms with Crippen LogP contribution in [0, 0.1) is 5.92 Å². The Labute approximate surface area is 244 Å². The molecule has 2 saturated carbocycles. The number of hydrogen-bond acceptors (Lipinski definition) is 6. The predicted octanol–water partition coefficient (Wildman–Crippen LogP) is 5.53. The number of carbonyl (C=O) groups is 1. The van der Waals surface area contributed by atoms with Gasteiger partial charge >= 0.3 is 0 Å². The van der Waals surface area contributed by atoms with Crippen LogP contribution in [0.15, 0.2) is 61.1 Å². The Morgan fingerprint density at radius 1 is 1.12 bits per heavy atom. The third-order valence-corrected chi connectivity index (χ3v) is 9.11. The number of nitrogens with zero attached hydrogens (tertiary/aromatic N) is 4. The molecule has 3 N–H and O–H groups in total. The van der Waals surface area contributed by atoms with E-state index in [1.54, 1.807) is 6.20 Å². The Morgan fingerprint density at radius 3 is 2.73 bits per heavy atom. The van der Waals surface area contributed by atoms with Crippen molar-refractivity contribution in [2.45, 2.75) is 56.1 Å². The number of aromatic nitrogens is 3. The summed E-state index contributed by atoms with van der Waals surface area (Å²) in [7, 11) is 2.11. The molecule has 3 fully saturated rings. The van der Waals surface area contributed by atoms with Crippen LogP contribution < -0.4 is 10.6 Å². The molecule has 8 nitrogen and oxygen atoms in total. The second-order valence-corrected chi connectivity index (χ2v) is 12.5. The van der Waals surface area contributed by atoms with E-state index in [1.807, 2.05) is 36.4 Å². The number of nitrogens with one attached hydrogen (secondary N) is 2. The van der Waals surface area contributed by atoms with Crippen LogP contribution in [0.4, 0.5) is 11.5 Å². The zero-order chi connectivity index (χ0) is 28.1. The molecule has 9 heteroatoms. The van der Waals surface area contributed by atoms with Crippen LogP contribution in [0.5, 0.6) is 0 Å². The van der Waals surface area contributed by atoms with Gasteiger partial charge in [-0.25, -0.2) is 9.97 Å². The zero-order valence-corrected chi connectivity index (χ0v) is 23.9. The smallest absolute Gasteiger partial charge is 0.229 e. The second-order valence-electron chi connectivity index (χ2n) is 12.0. The minimum absolute atomic E-state index is 0.0224. The summed E-state index contributed by atoms with van der Waals surface area (Å²) in [6, 6.07) is 13.7. The van der Waals surface area contributed by atoms with Crippen molar-refractivity contribution >= 4 is 34.7 Å². The van der Waals surface area contributed by atoms with Crippen molar-refractivity contribution in [3.05, 3.63) is 88.5 Å². The number of benzene rings is 1. The predicted molar refractivity (Wildman–Crippen MR) is 160 cm³/mol. The van der Waals surface area contributed by atoms with Crippen LogP contribution in [0.3, 0.4) is 0 Å². The first kappa shape index (κ1) is 26.4. The van der Waals surface area contributed by atoms with E-state index in [4.69, 9.17) is 16.6 Å². The third kappa shape index (κ3) is 5.56. The maximum Gasteiger partial charge on any atom is 0.229 e. The molecule has 3 aliphatic rings. The van der Waals surface area contributed by atoms with Gasteiger partial charge < -0.3 is 25.0 Å². The van der Waals surface area contributed by atoms with E-state index in [0.717, 1.165) is 47.7 Å². The summed E-state index contributed by atoms with van der Waals surface area (Å²) in [5, 5.41) is 18.8. The van der Waals surface area contributed by atoms with Crippen LogP contribution in [0.2, 0.25) is 5.02 Å². The lowest BCUT2D eigenvalue weighted by Gasteiger charge is -2.37. The lowest BCUT2D eigenvalue weighted by molar-refractivity contribution is -0.117. The van der Waals surface area contributed by atoms with Crippen LogP contribution in [-0.2, 0) is 16.9 Å². The molecule has 2 aliphatic carbocycles. The van der Waals surface area contributed by atoms with Crippen LogP contribution in [-0.4, -0.2) is 50.4 Å². The summed E-state index contributed by atoms with van der Waals surface area (Å²) >= 11 is 6.13. The number of fused-ring (bicyclic) bond motifs is 1. The topological polar surface area (TPSA) is 94.8 Å². The molecule has 0 radical (unpaired) electrons. The fourth-order valence-electron chi connectivity index (χ4n) is 6.11. The molecule has 4 aromatic rings. The number of likely N-dealkylation sites (tertiary alicyclic amines) is 1. The quantitative estimate of drug-likeness (QED) is 0.258. The summed E-state index contributed by atoms with van der Waals surface area (Å²) in [6.45, 7) is 2.25. The lowest BCUT2D eigenvalue weighted by Crippen LogP contribution is -2.41. The number of halogens is 1. The Kier molecular flexibility index (Phi) is 6.72. The molecule has 1 aromatic carbocycles. The van der Waals surface area contributed by atoms with E-state index in [9.17, 15) is 9.90 Å². The normalized spacial score (nSPS) is 22.0. The number of carbonyl (C=O) groups excluding carboxylic acids is 1. The van der Waals surface area contributed by atoms with Crippen molar-refractivity contribution in [2.24, 2.45) is 5.92 Å². The molecule has 1 saturated heterocycles. The Bertz CT molecular complexity index is 1610. The summed E-state index contributed by atoms with van der Waals surface area (Å²) in [4.78, 5) is 24.5. The molecule has 7 rings (SSSR count). The van der Waals surface area contributed by atoms with Crippen molar-refractivity contribution in [2.75, 3.05) is 30.8 Å². The van der Waals surface area contributed by atoms with Crippen molar-refractivity contribution < 1.29 is 9.90 Å². The number of pyridine rings is 2. The highest BCUT2D eigenvalue weighted by Crippen LogP contribution is 2.48. The van der Waals surface area contributed by atoms with Crippen LogP contribution >= 0.6 is 11.6 Å². The Balaban J connectivity index is 1.04. The molecule has 1 aliphatic heterocycles. The highest BCUT2D eigenvalue weighted by atomic mass is 35.5. The van der Waals surface area contributed by atoms with E-state index in [1.165, 1.54) is 18.4 Å². The second kappa shape index (κ2) is 10.4. The maximum atomic E-state index is 12.9. The summed E-state index contributed by atoms with van der Waals surface area (Å²) in [6.07, 6.45) is 10.6. The van der Waals surface area contributed by atoms with Gasteiger partial charge in [-0.2, -0.15) is 0 Å². The number of piperidine rings is 1. The van der Waals surface area contributed by atoms with Gasteiger partial charge in [-0.3, -0.25) is 4.79 Å². The van der Waals surface area contributed by atoms with Crippen molar-refractivity contribution in [1.82, 2.24) is 19.3 Å². The number of rotatable bonds is 8. The fourth-order valence-corrected chi connectivity index (χ4v) is 6.31. The van der Waals surface area contributed by atoms with E-state index >= 15 is 0 Å². The number of imidazole rings is 1. The Morgan fingerprint density at radius 2 is 1.95 bits per heavy atom. The standard InChI is InChI=1S/C32H35ClN6O2/c1-38-11-8-32(41,9-12-38)28-14-22(20-5-6-20)18-39-19-25(36-30(28)39)17-35-24-7-10-34-29(15-24)37-31(40)27-16-26(27)21-3-2-4-23(33)13-21/h2-4,7,10,13-15,18-20,26-27,41H,5-6,8-9,11-12,16-17H2,1H3,(H2,34,35,37,40)/t26?,27-/m0/s1. The average Bonchev–Trinajstić information content (AvgIpc) is 3.90. The SMILES string of the molecule is CN1CCC(O)(c2cc(C3CC3)cn3cc(CNc4ccnc(NC(=O)[C@H]5CC5c5cccc(Cl)c5)c4)nc23)CC1. The summed E-state index contributed by atoms with van der Waals surface area (Å²) in [5.41, 5.74) is 5.05. The molecule has 2 atom stereocenters. The van der Waals surface area contributed by atoms with Crippen LogP contribution in [0.1, 0.15) is 66.3 Å². The van der Waals surface area contributed by atoms with E-state index < -0.39 is 5.60 Å². The fraction of sp³-hybridized carbons (Fsp3) is 0.406. The average molecular weight is 571 g/mol. The molecule has 41 heavy (non-hydrogen) atoms. The van der Waals surface area contributed by atoms with Gasteiger partial charge in [-0.1, -0.05) is 23.7 Å². The van der Waals surface area contributed by atoms with Crippen LogP contribution in [0.25, 0.3) is 5.65 Å². The molecule has 1 amide bonds. The maximum absolute atomic E-state index is 12.9. The third-order valence-electron chi connectivity index (χ3n) is 8.88. The van der Waals surface area contributed by atoms with E-state index in [-0.39, 0.29) is 17.7 Å². The van der Waals surface area contributed by atoms with Crippen molar-refractivity contribution in [1.29, 1.82) is 0 Å². The van der Waals surface area contributed by atoms with Crippen molar-refractivity contribution in [3.63, 3.8) is 0 Å². The largest absolute Gasteiger partial charge is 0.385 e. The zero-order valence-electron chi connectivity index (χ0n) is 23.2. The number of aliphatic hydroxyl groups is 1. The molecular weight excluding hydrogens is 536 g/mol. The van der Waals surface area contributed by atoms with E-state index in [2.05, 4.69) is 50.4 Å². The first-order valence-electron chi connectivity index (χ1n) is 14.5. The monoisotopic (exact) mass is 570 g/mol. The van der Waals surface area contributed by atoms with E-state index in [0.29, 0.717) is 36.1 Å². The minimum Gasteiger partial charge on any atom is -0.385 e. The van der Waals surface area contributed by atoms with Gasteiger partial charge in [0.05, 0.1) is 17.8 Å². The molecule has 1 unspecified atom stereocenters. The Hall–Kier alpha value is -3.46. The molecule has 0 spiro atoms. The van der Waals surface area contributed by atoms with Crippen molar-refractivity contribution in [3.8, 4) is 0 Å². The lowest BCUT2D eigenvalue weighted by atomic mass is 9.84. The van der Waals surface area contributed by atoms with Gasteiger partial charge in [0.1, 0.15) is 11.5 Å². The summed E-state index contributed by atoms with van der Waals surface area (Å²) in [5.74, 6) is 1.21. The number of amides is 1. The summed E-state index contributed by atoms with van der Waals surface area (Å²) < 4.78 is 2.10. The molecule has 3 aromatic heterocycles. The van der Waals surface area contributed by atoms with Gasteiger partial charge in [0.15, 0.2) is 0 Å². The van der Waals surface area contributed by atoms with Gasteiger partial charge in [-0.15, -0.1) is 0 Å². The molecule has 0 bridgehead atoms.